The molecule has 0 aromatic carbocycles. The smallest absolute Gasteiger partial charge is 0.317 e. The van der Waals surface area contributed by atoms with Gasteiger partial charge in [0.15, 0.2) is 5.82 Å². The molecule has 7 heteroatoms. The molecule has 2 aliphatic rings. The molecule has 2 fully saturated rings. The summed E-state index contributed by atoms with van der Waals surface area (Å²) >= 11 is 0. The Bertz CT molecular complexity index is 548. The molecule has 0 unspecified atom stereocenters. The first-order chi connectivity index (χ1) is 11.2. The van der Waals surface area contributed by atoms with E-state index in [0.717, 1.165) is 12.1 Å². The third-order valence-corrected chi connectivity index (χ3v) is 4.66. The van der Waals surface area contributed by atoms with Crippen LogP contribution in [-0.4, -0.2) is 46.7 Å². The Morgan fingerprint density at radius 1 is 1.26 bits per heavy atom. The summed E-state index contributed by atoms with van der Waals surface area (Å²) in [5, 5.41) is 12.8. The number of hydrogen-bond donors (Lipinski definition) is 3. The molecule has 3 rings (SSSR count). The number of aromatic nitrogens is 2. The van der Waals surface area contributed by atoms with Gasteiger partial charge in [-0.25, -0.2) is 4.79 Å². The van der Waals surface area contributed by atoms with E-state index in [1.807, 2.05) is 6.07 Å². The van der Waals surface area contributed by atoms with Crippen LogP contribution in [-0.2, 0) is 4.79 Å². The van der Waals surface area contributed by atoms with Gasteiger partial charge < -0.3 is 15.5 Å². The largest absolute Gasteiger partial charge is 0.338 e. The zero-order valence-electron chi connectivity index (χ0n) is 13.4. The minimum Gasteiger partial charge on any atom is -0.338 e. The fourth-order valence-electron chi connectivity index (χ4n) is 3.39. The van der Waals surface area contributed by atoms with E-state index in [-0.39, 0.29) is 18.5 Å². The predicted molar refractivity (Wildman–Crippen MR) is 87.2 cm³/mol. The van der Waals surface area contributed by atoms with Crippen LogP contribution in [0.2, 0.25) is 0 Å². The summed E-state index contributed by atoms with van der Waals surface area (Å²) in [7, 11) is 0. The lowest BCUT2D eigenvalue weighted by Gasteiger charge is -2.26. The Balaban J connectivity index is 1.53. The van der Waals surface area contributed by atoms with Gasteiger partial charge in [0.2, 0.25) is 5.91 Å². The molecule has 1 saturated heterocycles. The maximum absolute atomic E-state index is 12.1. The van der Waals surface area contributed by atoms with Gasteiger partial charge in [-0.3, -0.25) is 9.89 Å². The van der Waals surface area contributed by atoms with Crippen LogP contribution in [0, 0.1) is 0 Å². The molecule has 1 aromatic rings. The topological polar surface area (TPSA) is 90.1 Å². The normalized spacial score (nSPS) is 20.0. The van der Waals surface area contributed by atoms with E-state index >= 15 is 0 Å². The van der Waals surface area contributed by atoms with E-state index in [1.165, 1.54) is 43.4 Å². The summed E-state index contributed by atoms with van der Waals surface area (Å²) in [6, 6.07) is 1.76. The van der Waals surface area contributed by atoms with E-state index in [9.17, 15) is 9.59 Å². The molecule has 1 aliphatic heterocycles. The highest BCUT2D eigenvalue weighted by Gasteiger charge is 2.21. The van der Waals surface area contributed by atoms with Gasteiger partial charge in [0.1, 0.15) is 6.54 Å². The highest BCUT2D eigenvalue weighted by Crippen LogP contribution is 2.31. The summed E-state index contributed by atoms with van der Waals surface area (Å²) in [5.41, 5.74) is 1.11. The second-order valence-corrected chi connectivity index (χ2v) is 6.45. The minimum atomic E-state index is -0.207. The van der Waals surface area contributed by atoms with Crippen LogP contribution < -0.4 is 10.6 Å². The second kappa shape index (κ2) is 7.48. The van der Waals surface area contributed by atoms with Gasteiger partial charge in [0, 0.05) is 30.8 Å². The molecule has 2 heterocycles. The molecule has 23 heavy (non-hydrogen) atoms. The fraction of sp³-hybridized carbons (Fsp3) is 0.688. The molecule has 7 nitrogen and oxygen atoms in total. The van der Waals surface area contributed by atoms with E-state index in [1.54, 1.807) is 0 Å². The highest BCUT2D eigenvalue weighted by atomic mass is 16.2. The molecule has 0 bridgehead atoms. The summed E-state index contributed by atoms with van der Waals surface area (Å²) < 4.78 is 0. The average molecular weight is 319 g/mol. The van der Waals surface area contributed by atoms with Gasteiger partial charge in [0.25, 0.3) is 0 Å². The first kappa shape index (κ1) is 15.8. The van der Waals surface area contributed by atoms with Crippen LogP contribution in [0.1, 0.15) is 56.6 Å². The summed E-state index contributed by atoms with van der Waals surface area (Å²) in [6.45, 7) is 1.37. The van der Waals surface area contributed by atoms with Crippen molar-refractivity contribution in [3.63, 3.8) is 0 Å². The van der Waals surface area contributed by atoms with Crippen molar-refractivity contribution < 1.29 is 9.59 Å². The van der Waals surface area contributed by atoms with Crippen molar-refractivity contribution in [2.24, 2.45) is 0 Å². The molecular formula is C16H25N5O2. The number of carbonyl (C=O) groups is 2. The second-order valence-electron chi connectivity index (χ2n) is 6.45. The van der Waals surface area contributed by atoms with Crippen LogP contribution >= 0.6 is 0 Å². The van der Waals surface area contributed by atoms with Crippen molar-refractivity contribution in [1.29, 1.82) is 0 Å². The van der Waals surface area contributed by atoms with Gasteiger partial charge in [-0.15, -0.1) is 0 Å². The quantitative estimate of drug-likeness (QED) is 0.743. The molecule has 0 radical (unpaired) electrons. The van der Waals surface area contributed by atoms with Crippen molar-refractivity contribution in [3.05, 3.63) is 11.8 Å². The standard InChI is InChI=1S/C16H25N5O2/c22-15(11-21-9-5-8-17-16(21)23)18-14-10-13(19-20-14)12-6-3-1-2-4-7-12/h10,12H,1-9,11H2,(H,17,23)(H2,18,19,20,22). The van der Waals surface area contributed by atoms with Crippen molar-refractivity contribution in [2.45, 2.75) is 50.9 Å². The van der Waals surface area contributed by atoms with Gasteiger partial charge in [-0.1, -0.05) is 25.7 Å². The minimum absolute atomic E-state index is 0.0669. The van der Waals surface area contributed by atoms with E-state index in [4.69, 9.17) is 0 Å². The van der Waals surface area contributed by atoms with Crippen LogP contribution in [0.25, 0.3) is 0 Å². The number of amides is 3. The number of H-pyrrole nitrogens is 1. The summed E-state index contributed by atoms with van der Waals surface area (Å²) in [6.07, 6.45) is 8.38. The lowest BCUT2D eigenvalue weighted by molar-refractivity contribution is -0.116. The molecule has 0 spiro atoms. The van der Waals surface area contributed by atoms with Crippen LogP contribution in [0.4, 0.5) is 10.6 Å². The number of nitrogens with zero attached hydrogens (tertiary/aromatic N) is 2. The lowest BCUT2D eigenvalue weighted by atomic mass is 9.97. The molecular weight excluding hydrogens is 294 g/mol. The van der Waals surface area contributed by atoms with Crippen molar-refractivity contribution in [3.8, 4) is 0 Å². The molecule has 3 amide bonds. The Kier molecular flexibility index (Phi) is 5.15. The highest BCUT2D eigenvalue weighted by molar-refractivity contribution is 5.93. The Morgan fingerprint density at radius 2 is 2.04 bits per heavy atom. The molecule has 1 saturated carbocycles. The maximum Gasteiger partial charge on any atom is 0.317 e. The van der Waals surface area contributed by atoms with Gasteiger partial charge in [-0.2, -0.15) is 5.10 Å². The van der Waals surface area contributed by atoms with Gasteiger partial charge in [0.05, 0.1) is 0 Å². The maximum atomic E-state index is 12.1. The van der Waals surface area contributed by atoms with Crippen LogP contribution in [0.3, 0.4) is 0 Å². The lowest BCUT2D eigenvalue weighted by Crippen LogP contribution is -2.49. The number of anilines is 1. The zero-order chi connectivity index (χ0) is 16.1. The number of carbonyl (C=O) groups excluding carboxylic acids is 2. The monoisotopic (exact) mass is 319 g/mol. The zero-order valence-corrected chi connectivity index (χ0v) is 13.4. The first-order valence-corrected chi connectivity index (χ1v) is 8.60. The third-order valence-electron chi connectivity index (χ3n) is 4.66. The summed E-state index contributed by atoms with van der Waals surface area (Å²) in [4.78, 5) is 25.2. The number of rotatable bonds is 4. The van der Waals surface area contributed by atoms with Gasteiger partial charge >= 0.3 is 6.03 Å². The number of nitrogens with one attached hydrogen (secondary N) is 3. The molecule has 1 aromatic heterocycles. The number of urea groups is 1. The van der Waals surface area contributed by atoms with Crippen molar-refractivity contribution in [2.75, 3.05) is 25.0 Å². The molecule has 126 valence electrons. The van der Waals surface area contributed by atoms with Crippen molar-refractivity contribution in [1.82, 2.24) is 20.4 Å². The van der Waals surface area contributed by atoms with Crippen LogP contribution in [0.15, 0.2) is 6.07 Å². The Morgan fingerprint density at radius 3 is 2.78 bits per heavy atom. The average Bonchev–Trinajstić information content (AvgIpc) is 2.83. The third kappa shape index (κ3) is 4.24. The molecule has 3 N–H and O–H groups in total. The van der Waals surface area contributed by atoms with E-state index in [2.05, 4.69) is 20.8 Å². The van der Waals surface area contributed by atoms with Crippen molar-refractivity contribution >= 4 is 17.8 Å². The number of hydrogen-bond acceptors (Lipinski definition) is 3. The van der Waals surface area contributed by atoms with Gasteiger partial charge in [-0.05, 0) is 19.3 Å². The number of aromatic amines is 1. The Labute approximate surface area is 136 Å². The fourth-order valence-corrected chi connectivity index (χ4v) is 3.39. The van der Waals surface area contributed by atoms with E-state index in [0.29, 0.717) is 24.8 Å². The van der Waals surface area contributed by atoms with Crippen LogP contribution in [0.5, 0.6) is 0 Å². The Hall–Kier alpha value is -2.05. The predicted octanol–water partition coefficient (Wildman–Crippen LogP) is 2.20. The first-order valence-electron chi connectivity index (χ1n) is 8.60. The summed E-state index contributed by atoms with van der Waals surface area (Å²) in [5.74, 6) is 0.858. The molecule has 0 atom stereocenters. The van der Waals surface area contributed by atoms with E-state index < -0.39 is 0 Å². The SMILES string of the molecule is O=C(CN1CCCNC1=O)Nc1cc(C2CCCCCC2)[nH]n1. The molecule has 1 aliphatic carbocycles.